The third-order valence-corrected chi connectivity index (χ3v) is 5.19. The first kappa shape index (κ1) is 26.8. The zero-order chi connectivity index (χ0) is 21.8. The highest BCUT2D eigenvalue weighted by Crippen LogP contribution is 2.53. The Kier molecular flexibility index (Phi) is 9.43. The van der Waals surface area contributed by atoms with E-state index < -0.39 is 58.8 Å². The number of aliphatic carboxylic acids is 1. The average molecular weight is 644 g/mol. The number of esters is 1. The van der Waals surface area contributed by atoms with Gasteiger partial charge < -0.3 is 9.84 Å². The van der Waals surface area contributed by atoms with E-state index >= 15 is 0 Å². The van der Waals surface area contributed by atoms with Crippen LogP contribution in [0.1, 0.15) is 12.8 Å². The summed E-state index contributed by atoms with van der Waals surface area (Å²) in [5.74, 6) is -23.8. The minimum absolute atomic E-state index is 0.0232. The highest BCUT2D eigenvalue weighted by atomic mass is 127. The average Bonchev–Trinajstić information content (AvgIpc) is 2.49. The van der Waals surface area contributed by atoms with Crippen molar-refractivity contribution in [1.29, 1.82) is 0 Å². The van der Waals surface area contributed by atoms with Gasteiger partial charge in [0, 0.05) is 4.43 Å². The summed E-state index contributed by atoms with van der Waals surface area (Å²) in [5.41, 5.74) is 0. The van der Waals surface area contributed by atoms with Gasteiger partial charge in [-0.15, -0.1) is 0 Å². The van der Waals surface area contributed by atoms with Gasteiger partial charge in [-0.05, 0) is 6.42 Å². The van der Waals surface area contributed by atoms with Crippen molar-refractivity contribution >= 4 is 57.1 Å². The van der Waals surface area contributed by atoms with Crippen LogP contribution in [-0.4, -0.2) is 55.9 Å². The van der Waals surface area contributed by atoms with Crippen LogP contribution in [-0.2, 0) is 14.3 Å². The topological polar surface area (TPSA) is 63.6 Å². The Bertz CT molecular complexity index is 539. The van der Waals surface area contributed by atoms with E-state index in [1.165, 1.54) is 22.6 Å². The Labute approximate surface area is 173 Å². The van der Waals surface area contributed by atoms with Gasteiger partial charge in [0.05, 0.1) is 18.9 Å². The van der Waals surface area contributed by atoms with Crippen LogP contribution < -0.4 is 0 Å². The van der Waals surface area contributed by atoms with Crippen molar-refractivity contribution in [2.45, 2.75) is 40.7 Å². The van der Waals surface area contributed by atoms with Gasteiger partial charge in [-0.3, -0.25) is 9.59 Å². The second-order valence-corrected chi connectivity index (χ2v) is 7.51. The van der Waals surface area contributed by atoms with Crippen LogP contribution in [0.4, 0.5) is 39.5 Å². The van der Waals surface area contributed by atoms with Gasteiger partial charge >= 0.3 is 35.9 Å². The molecule has 0 heterocycles. The molecule has 2 atom stereocenters. The van der Waals surface area contributed by atoms with Gasteiger partial charge in [0.25, 0.3) is 0 Å². The SMILES string of the molecule is O=C(OCCC(F)(F)C(F)(F)C(F)(F)C(F)(F)F)C(I)C(CCI)C(=O)O. The van der Waals surface area contributed by atoms with Crippen LogP contribution in [0.5, 0.6) is 0 Å². The molecule has 0 aromatic carbocycles. The van der Waals surface area contributed by atoms with Gasteiger partial charge in [0.1, 0.15) is 3.92 Å². The Hall–Kier alpha value is -0.230. The van der Waals surface area contributed by atoms with E-state index in [4.69, 9.17) is 5.11 Å². The number of hydrogen-bond donors (Lipinski definition) is 1. The lowest BCUT2D eigenvalue weighted by Gasteiger charge is -2.33. The first-order valence-corrected chi connectivity index (χ1v) is 9.50. The molecule has 4 nitrogen and oxygen atoms in total. The molecule has 0 aliphatic heterocycles. The first-order chi connectivity index (χ1) is 11.9. The van der Waals surface area contributed by atoms with Crippen molar-refractivity contribution < 1.29 is 58.9 Å². The minimum Gasteiger partial charge on any atom is -0.481 e. The van der Waals surface area contributed by atoms with Crippen LogP contribution in [0, 0.1) is 5.92 Å². The van der Waals surface area contributed by atoms with Crippen molar-refractivity contribution in [2.24, 2.45) is 5.92 Å². The summed E-state index contributed by atoms with van der Waals surface area (Å²) < 4.78 is 117. The molecule has 0 aliphatic carbocycles. The molecule has 0 fully saturated rings. The number of carboxylic acids is 1. The predicted octanol–water partition coefficient (Wildman–Crippen LogP) is 4.72. The number of carbonyl (C=O) groups excluding carboxylic acids is 1. The lowest BCUT2D eigenvalue weighted by Crippen LogP contribution is -2.61. The summed E-state index contributed by atoms with van der Waals surface area (Å²) in [6.45, 7) is -1.62. The smallest absolute Gasteiger partial charge is 0.460 e. The zero-order valence-corrected chi connectivity index (χ0v) is 17.1. The van der Waals surface area contributed by atoms with E-state index in [1.54, 1.807) is 22.6 Å². The van der Waals surface area contributed by atoms with Crippen molar-refractivity contribution in [2.75, 3.05) is 11.0 Å². The Morgan fingerprint density at radius 2 is 1.44 bits per heavy atom. The third kappa shape index (κ3) is 6.12. The normalized spacial score (nSPS) is 16.0. The van der Waals surface area contributed by atoms with E-state index in [2.05, 4.69) is 4.74 Å². The van der Waals surface area contributed by atoms with Crippen molar-refractivity contribution in [3.8, 4) is 0 Å². The maximum absolute atomic E-state index is 13.3. The van der Waals surface area contributed by atoms with E-state index in [0.717, 1.165) is 0 Å². The number of ether oxygens (including phenoxy) is 1. The van der Waals surface area contributed by atoms with Crippen LogP contribution in [0.3, 0.4) is 0 Å². The van der Waals surface area contributed by atoms with Crippen LogP contribution in [0.2, 0.25) is 0 Å². The van der Waals surface area contributed by atoms with Crippen molar-refractivity contribution in [3.63, 3.8) is 0 Å². The molecule has 0 radical (unpaired) electrons. The zero-order valence-electron chi connectivity index (χ0n) is 12.8. The molecule has 0 aliphatic rings. The molecule has 27 heavy (non-hydrogen) atoms. The summed E-state index contributed by atoms with van der Waals surface area (Å²) in [6, 6.07) is 0. The molecule has 0 amide bonds. The molecule has 160 valence electrons. The Morgan fingerprint density at radius 1 is 0.963 bits per heavy atom. The fraction of sp³-hybridized carbons (Fsp3) is 0.833. The second kappa shape index (κ2) is 9.51. The largest absolute Gasteiger partial charge is 0.481 e. The van der Waals surface area contributed by atoms with Crippen molar-refractivity contribution in [3.05, 3.63) is 0 Å². The van der Waals surface area contributed by atoms with Gasteiger partial charge in [-0.2, -0.15) is 39.5 Å². The van der Waals surface area contributed by atoms with Crippen molar-refractivity contribution in [1.82, 2.24) is 0 Å². The van der Waals surface area contributed by atoms with Gasteiger partial charge in [0.15, 0.2) is 0 Å². The molecule has 0 spiro atoms. The second-order valence-electron chi connectivity index (χ2n) is 5.09. The molecule has 2 unspecified atom stereocenters. The number of rotatable bonds is 10. The lowest BCUT2D eigenvalue weighted by atomic mass is 10.0. The van der Waals surface area contributed by atoms with Gasteiger partial charge in [0.2, 0.25) is 0 Å². The maximum atomic E-state index is 13.3. The number of carboxylic acid groups (broad SMARTS) is 1. The number of alkyl halides is 11. The Balaban J connectivity index is 5.06. The molecule has 0 saturated heterocycles. The fourth-order valence-electron chi connectivity index (χ4n) is 1.60. The van der Waals surface area contributed by atoms with Crippen LogP contribution in [0.15, 0.2) is 0 Å². The lowest BCUT2D eigenvalue weighted by molar-refractivity contribution is -0.397. The molecule has 1 N–H and O–H groups in total. The third-order valence-electron chi connectivity index (χ3n) is 3.19. The molecule has 0 aromatic rings. The van der Waals surface area contributed by atoms with E-state index in [-0.39, 0.29) is 6.42 Å². The van der Waals surface area contributed by atoms with E-state index in [0.29, 0.717) is 4.43 Å². The van der Waals surface area contributed by atoms with E-state index in [9.17, 15) is 49.1 Å². The standard InChI is InChI=1S/C12H11F9I2O4/c13-9(14,10(15,16)11(17,18)12(19,20)21)2-4-27-8(26)6(23)5(1-3-22)7(24)25/h5-6H,1-4H2,(H,24,25). The molecule has 15 heteroatoms. The Morgan fingerprint density at radius 3 is 1.81 bits per heavy atom. The molecular weight excluding hydrogens is 633 g/mol. The first-order valence-electron chi connectivity index (χ1n) is 6.73. The number of carbonyl (C=O) groups is 2. The highest BCUT2D eigenvalue weighted by molar-refractivity contribution is 14.1. The monoisotopic (exact) mass is 644 g/mol. The molecule has 0 rings (SSSR count). The van der Waals surface area contributed by atoms with Crippen LogP contribution in [0.25, 0.3) is 0 Å². The quantitative estimate of drug-likeness (QED) is 0.162. The fourth-order valence-corrected chi connectivity index (χ4v) is 3.12. The molecule has 0 aromatic heterocycles. The molecule has 0 saturated carbocycles. The number of hydrogen-bond acceptors (Lipinski definition) is 3. The molecule has 0 bridgehead atoms. The minimum atomic E-state index is -7.02. The van der Waals surface area contributed by atoms with Gasteiger partial charge in [-0.1, -0.05) is 45.2 Å². The summed E-state index contributed by atoms with van der Waals surface area (Å²) in [6.07, 6.45) is -9.28. The summed E-state index contributed by atoms with van der Waals surface area (Å²) in [7, 11) is 0. The highest BCUT2D eigenvalue weighted by Gasteiger charge is 2.81. The van der Waals surface area contributed by atoms with Gasteiger partial charge in [-0.25, -0.2) is 0 Å². The summed E-state index contributed by atoms with van der Waals surface area (Å²) >= 11 is 3.10. The summed E-state index contributed by atoms with van der Waals surface area (Å²) in [4.78, 5) is 22.6. The number of halogens is 11. The maximum Gasteiger partial charge on any atom is 0.460 e. The summed E-state index contributed by atoms with van der Waals surface area (Å²) in [5, 5.41) is 8.93. The van der Waals surface area contributed by atoms with Crippen LogP contribution >= 0.6 is 45.2 Å². The predicted molar refractivity (Wildman–Crippen MR) is 88.9 cm³/mol. The molecular formula is C12H11F9I2O4. The van der Waals surface area contributed by atoms with E-state index in [1.807, 2.05) is 0 Å².